The zero-order chi connectivity index (χ0) is 13.0. The molecule has 1 N–H and O–H groups in total. The lowest BCUT2D eigenvalue weighted by Crippen LogP contribution is -2.52. The molecule has 0 aromatic carbocycles. The van der Waals surface area contributed by atoms with Gasteiger partial charge in [0.1, 0.15) is 6.04 Å². The third-order valence-electron chi connectivity index (χ3n) is 1.68. The Morgan fingerprint density at radius 2 is 1.81 bits per heavy atom. The van der Waals surface area contributed by atoms with Gasteiger partial charge in [0.05, 0.1) is 13.0 Å². The molecule has 0 aliphatic rings. The average molecular weight is 241 g/mol. The van der Waals surface area contributed by atoms with Crippen LogP contribution in [0.5, 0.6) is 0 Å². The number of hydrogen-bond donors (Lipinski definition) is 1. The van der Waals surface area contributed by atoms with Gasteiger partial charge in [0.15, 0.2) is 0 Å². The van der Waals surface area contributed by atoms with E-state index in [1.807, 2.05) is 0 Å². The normalized spacial score (nSPS) is 14.7. The van der Waals surface area contributed by atoms with E-state index >= 15 is 0 Å². The Kier molecular flexibility index (Phi) is 5.25. The first-order chi connectivity index (χ1) is 7.06. The van der Waals surface area contributed by atoms with Gasteiger partial charge >= 0.3 is 12.1 Å². The molecular weight excluding hydrogens is 223 g/mol. The Morgan fingerprint density at radius 3 is 2.12 bits per heavy atom. The highest BCUT2D eigenvalue weighted by molar-refractivity contribution is 5.70. The summed E-state index contributed by atoms with van der Waals surface area (Å²) in [6.45, 7) is 6.46. The second-order valence-electron chi connectivity index (χ2n) is 4.50. The summed E-state index contributed by atoms with van der Waals surface area (Å²) in [6.07, 6.45) is -5.16. The lowest BCUT2D eigenvalue weighted by molar-refractivity contribution is -0.172. The summed E-state index contributed by atoms with van der Waals surface area (Å²) in [4.78, 5) is 11.0. The van der Waals surface area contributed by atoms with Gasteiger partial charge in [-0.1, -0.05) is 0 Å². The first kappa shape index (κ1) is 15.2. The van der Waals surface area contributed by atoms with Crippen LogP contribution in [0.25, 0.3) is 0 Å². The largest absolute Gasteiger partial charge is 0.466 e. The molecule has 0 aromatic rings. The lowest BCUT2D eigenvalue weighted by Gasteiger charge is -2.29. The Balaban J connectivity index is 4.52. The molecule has 0 spiro atoms. The van der Waals surface area contributed by atoms with Gasteiger partial charge < -0.3 is 10.1 Å². The minimum atomic E-state index is -4.46. The first-order valence-electron chi connectivity index (χ1n) is 5.06. The summed E-state index contributed by atoms with van der Waals surface area (Å²) in [5.41, 5.74) is -0.716. The van der Waals surface area contributed by atoms with Crippen molar-refractivity contribution in [3.05, 3.63) is 0 Å². The number of alkyl halides is 3. The fraction of sp³-hybridized carbons (Fsp3) is 0.900. The number of esters is 1. The Bertz CT molecular complexity index is 233. The quantitative estimate of drug-likeness (QED) is 0.767. The number of carbonyl (C=O) groups is 1. The topological polar surface area (TPSA) is 38.3 Å². The molecule has 0 aliphatic carbocycles. The third kappa shape index (κ3) is 6.66. The van der Waals surface area contributed by atoms with Crippen LogP contribution in [0.4, 0.5) is 13.2 Å². The number of rotatable bonds is 4. The van der Waals surface area contributed by atoms with Crippen LogP contribution in [0, 0.1) is 0 Å². The number of carbonyl (C=O) groups excluding carboxylic acids is 1. The first-order valence-corrected chi connectivity index (χ1v) is 5.06. The summed E-state index contributed by atoms with van der Waals surface area (Å²) >= 11 is 0. The Labute approximate surface area is 93.3 Å². The van der Waals surface area contributed by atoms with Gasteiger partial charge in [-0.3, -0.25) is 4.79 Å². The molecule has 0 heterocycles. The van der Waals surface area contributed by atoms with Crippen molar-refractivity contribution in [3.8, 4) is 0 Å². The van der Waals surface area contributed by atoms with E-state index in [2.05, 4.69) is 10.1 Å². The summed E-state index contributed by atoms with van der Waals surface area (Å²) in [6, 6.07) is -1.87. The van der Waals surface area contributed by atoms with Gasteiger partial charge in [-0.15, -0.1) is 0 Å². The van der Waals surface area contributed by atoms with E-state index in [4.69, 9.17) is 0 Å². The highest BCUT2D eigenvalue weighted by Gasteiger charge is 2.42. The van der Waals surface area contributed by atoms with E-state index in [1.165, 1.54) is 0 Å². The van der Waals surface area contributed by atoms with Gasteiger partial charge in [-0.05, 0) is 27.7 Å². The van der Waals surface area contributed by atoms with Crippen LogP contribution in [0.2, 0.25) is 0 Å². The minimum Gasteiger partial charge on any atom is -0.466 e. The van der Waals surface area contributed by atoms with Crippen LogP contribution in [0.1, 0.15) is 34.1 Å². The fourth-order valence-electron chi connectivity index (χ4n) is 1.16. The Morgan fingerprint density at radius 1 is 1.31 bits per heavy atom. The van der Waals surface area contributed by atoms with Crippen molar-refractivity contribution < 1.29 is 22.7 Å². The van der Waals surface area contributed by atoms with Crippen molar-refractivity contribution >= 4 is 5.97 Å². The molecular formula is C10H18F3NO2. The van der Waals surface area contributed by atoms with Crippen LogP contribution in [0.3, 0.4) is 0 Å². The highest BCUT2D eigenvalue weighted by atomic mass is 19.4. The monoisotopic (exact) mass is 241 g/mol. The van der Waals surface area contributed by atoms with Crippen molar-refractivity contribution in [1.29, 1.82) is 0 Å². The maximum absolute atomic E-state index is 12.6. The van der Waals surface area contributed by atoms with Crippen LogP contribution in [-0.2, 0) is 9.53 Å². The molecule has 6 heteroatoms. The van der Waals surface area contributed by atoms with E-state index in [1.54, 1.807) is 27.7 Å². The van der Waals surface area contributed by atoms with Gasteiger partial charge in [0.25, 0.3) is 0 Å². The molecule has 0 aliphatic heterocycles. The lowest BCUT2D eigenvalue weighted by atomic mass is 10.1. The molecule has 0 fully saturated rings. The number of ether oxygens (including phenoxy) is 1. The van der Waals surface area contributed by atoms with Gasteiger partial charge in [-0.25, -0.2) is 0 Å². The molecule has 0 bridgehead atoms. The average Bonchev–Trinajstić information content (AvgIpc) is 1.98. The number of nitrogens with one attached hydrogen (secondary N) is 1. The van der Waals surface area contributed by atoms with Gasteiger partial charge in [-0.2, -0.15) is 13.2 Å². The number of halogens is 3. The maximum Gasteiger partial charge on any atom is 0.404 e. The second kappa shape index (κ2) is 5.52. The van der Waals surface area contributed by atoms with E-state index in [9.17, 15) is 18.0 Å². The molecule has 0 amide bonds. The van der Waals surface area contributed by atoms with Crippen LogP contribution in [-0.4, -0.2) is 30.3 Å². The summed E-state index contributed by atoms with van der Waals surface area (Å²) in [5, 5.41) is 2.36. The van der Waals surface area contributed by atoms with E-state index in [-0.39, 0.29) is 6.61 Å². The smallest absolute Gasteiger partial charge is 0.404 e. The molecule has 0 unspecified atom stereocenters. The minimum absolute atomic E-state index is 0.0823. The molecule has 0 rings (SSSR count). The van der Waals surface area contributed by atoms with Crippen molar-refractivity contribution in [2.45, 2.75) is 51.9 Å². The molecule has 16 heavy (non-hydrogen) atoms. The van der Waals surface area contributed by atoms with E-state index < -0.39 is 30.1 Å². The van der Waals surface area contributed by atoms with Crippen molar-refractivity contribution in [1.82, 2.24) is 5.32 Å². The van der Waals surface area contributed by atoms with E-state index in [0.717, 1.165) is 0 Å². The predicted molar refractivity (Wildman–Crippen MR) is 54.0 cm³/mol. The fourth-order valence-corrected chi connectivity index (χ4v) is 1.16. The zero-order valence-electron chi connectivity index (χ0n) is 9.94. The molecule has 0 radical (unpaired) electrons. The molecule has 0 saturated heterocycles. The van der Waals surface area contributed by atoms with Crippen molar-refractivity contribution in [2.75, 3.05) is 6.61 Å². The van der Waals surface area contributed by atoms with Gasteiger partial charge in [0, 0.05) is 5.54 Å². The highest BCUT2D eigenvalue weighted by Crippen LogP contribution is 2.24. The van der Waals surface area contributed by atoms with E-state index in [0.29, 0.717) is 0 Å². The van der Waals surface area contributed by atoms with Crippen LogP contribution >= 0.6 is 0 Å². The molecule has 3 nitrogen and oxygen atoms in total. The summed E-state index contributed by atoms with van der Waals surface area (Å²) in [5.74, 6) is -0.846. The van der Waals surface area contributed by atoms with Crippen LogP contribution < -0.4 is 5.32 Å². The third-order valence-corrected chi connectivity index (χ3v) is 1.68. The summed E-state index contributed by atoms with van der Waals surface area (Å²) < 4.78 is 42.2. The molecule has 0 saturated carbocycles. The molecule has 96 valence electrons. The molecule has 1 atom stereocenters. The SMILES string of the molecule is CCOC(=O)C[C@@H](NC(C)(C)C)C(F)(F)F. The standard InChI is InChI=1S/C10H18F3NO2/c1-5-16-8(15)6-7(10(11,12)13)14-9(2,3)4/h7,14H,5-6H2,1-4H3/t7-/m1/s1. The predicted octanol–water partition coefficient (Wildman–Crippen LogP) is 2.26. The maximum atomic E-state index is 12.6. The molecule has 0 aromatic heterocycles. The van der Waals surface area contributed by atoms with Gasteiger partial charge in [0.2, 0.25) is 0 Å². The van der Waals surface area contributed by atoms with Crippen LogP contribution in [0.15, 0.2) is 0 Å². The second-order valence-corrected chi connectivity index (χ2v) is 4.50. The summed E-state index contributed by atoms with van der Waals surface area (Å²) in [7, 11) is 0. The van der Waals surface area contributed by atoms with Crippen molar-refractivity contribution in [3.63, 3.8) is 0 Å². The zero-order valence-corrected chi connectivity index (χ0v) is 9.94. The number of hydrogen-bond acceptors (Lipinski definition) is 3. The van der Waals surface area contributed by atoms with Crippen molar-refractivity contribution in [2.24, 2.45) is 0 Å². The Hall–Kier alpha value is -0.780.